The van der Waals surface area contributed by atoms with Crippen LogP contribution in [0.5, 0.6) is 5.88 Å². The van der Waals surface area contributed by atoms with Crippen molar-refractivity contribution in [2.75, 3.05) is 13.7 Å². The Labute approximate surface area is 137 Å². The van der Waals surface area contributed by atoms with E-state index in [1.807, 2.05) is 0 Å². The Balaban J connectivity index is 1.84. The zero-order valence-corrected chi connectivity index (χ0v) is 12.9. The molecule has 2 rings (SSSR count). The number of methoxy groups -OCH3 is 1. The summed E-state index contributed by atoms with van der Waals surface area (Å²) in [4.78, 5) is 15.7. The third kappa shape index (κ3) is 4.63. The van der Waals surface area contributed by atoms with E-state index in [1.165, 1.54) is 7.11 Å². The minimum Gasteiger partial charge on any atom is -0.481 e. The van der Waals surface area contributed by atoms with Gasteiger partial charge in [0.25, 0.3) is 0 Å². The summed E-state index contributed by atoms with van der Waals surface area (Å²) in [6, 6.07) is 5.74. The third-order valence-electron chi connectivity index (χ3n) is 3.26. The van der Waals surface area contributed by atoms with Crippen LogP contribution in [0.15, 0.2) is 36.5 Å². The van der Waals surface area contributed by atoms with E-state index in [9.17, 15) is 18.7 Å². The SMILES string of the molecule is COc1ncccc1CNC(=O)NCC(O)c1ccc(F)cc1F. The first kappa shape index (κ1) is 17.6. The number of halogens is 2. The number of aliphatic hydroxyl groups excluding tert-OH is 1. The number of urea groups is 1. The second kappa shape index (κ2) is 8.21. The van der Waals surface area contributed by atoms with Crippen LogP contribution in [0.1, 0.15) is 17.2 Å². The van der Waals surface area contributed by atoms with Gasteiger partial charge < -0.3 is 20.5 Å². The summed E-state index contributed by atoms with van der Waals surface area (Å²) in [6.45, 7) is -0.0532. The Morgan fingerprint density at radius 1 is 1.33 bits per heavy atom. The molecule has 0 saturated heterocycles. The van der Waals surface area contributed by atoms with E-state index in [0.717, 1.165) is 12.1 Å². The first-order chi connectivity index (χ1) is 11.5. The summed E-state index contributed by atoms with van der Waals surface area (Å²) in [5, 5.41) is 14.9. The highest BCUT2D eigenvalue weighted by Gasteiger charge is 2.14. The zero-order chi connectivity index (χ0) is 17.5. The van der Waals surface area contributed by atoms with Crippen LogP contribution in [-0.2, 0) is 6.54 Å². The largest absolute Gasteiger partial charge is 0.481 e. The van der Waals surface area contributed by atoms with Gasteiger partial charge in [-0.15, -0.1) is 0 Å². The predicted molar refractivity (Wildman–Crippen MR) is 82.3 cm³/mol. The van der Waals surface area contributed by atoms with Gasteiger partial charge in [-0.05, 0) is 12.1 Å². The van der Waals surface area contributed by atoms with Gasteiger partial charge in [-0.2, -0.15) is 0 Å². The summed E-state index contributed by atoms with van der Waals surface area (Å²) in [5.74, 6) is -1.21. The predicted octanol–water partition coefficient (Wildman–Crippen LogP) is 1.90. The van der Waals surface area contributed by atoms with Crippen LogP contribution in [0.3, 0.4) is 0 Å². The number of nitrogens with one attached hydrogen (secondary N) is 2. The van der Waals surface area contributed by atoms with Gasteiger partial charge >= 0.3 is 6.03 Å². The molecule has 1 atom stereocenters. The summed E-state index contributed by atoms with van der Waals surface area (Å²) < 4.78 is 31.4. The second-order valence-corrected chi connectivity index (χ2v) is 4.92. The van der Waals surface area contributed by atoms with Gasteiger partial charge in [-0.3, -0.25) is 0 Å². The van der Waals surface area contributed by atoms with Gasteiger partial charge in [-0.1, -0.05) is 12.1 Å². The minimum atomic E-state index is -1.29. The number of pyridine rings is 1. The monoisotopic (exact) mass is 337 g/mol. The van der Waals surface area contributed by atoms with Crippen LogP contribution in [0, 0.1) is 11.6 Å². The lowest BCUT2D eigenvalue weighted by molar-refractivity contribution is 0.168. The van der Waals surface area contributed by atoms with Crippen molar-refractivity contribution in [2.24, 2.45) is 0 Å². The number of benzene rings is 1. The third-order valence-corrected chi connectivity index (χ3v) is 3.26. The summed E-state index contributed by atoms with van der Waals surface area (Å²) in [5.41, 5.74) is 0.589. The van der Waals surface area contributed by atoms with E-state index in [0.29, 0.717) is 17.5 Å². The average molecular weight is 337 g/mol. The highest BCUT2D eigenvalue weighted by molar-refractivity contribution is 5.73. The first-order valence-corrected chi connectivity index (χ1v) is 7.14. The van der Waals surface area contributed by atoms with Crippen LogP contribution in [-0.4, -0.2) is 29.8 Å². The number of rotatable bonds is 6. The normalized spacial score (nSPS) is 11.7. The van der Waals surface area contributed by atoms with Gasteiger partial charge in [0.1, 0.15) is 11.6 Å². The Morgan fingerprint density at radius 2 is 2.12 bits per heavy atom. The molecule has 0 radical (unpaired) electrons. The van der Waals surface area contributed by atoms with E-state index in [4.69, 9.17) is 4.74 Å². The van der Waals surface area contributed by atoms with E-state index in [2.05, 4.69) is 15.6 Å². The fraction of sp³-hybridized carbons (Fsp3) is 0.250. The molecule has 0 fully saturated rings. The van der Waals surface area contributed by atoms with Crippen molar-refractivity contribution < 1.29 is 23.4 Å². The number of carbonyl (C=O) groups is 1. The number of nitrogens with zero attached hydrogens (tertiary/aromatic N) is 1. The lowest BCUT2D eigenvalue weighted by atomic mass is 10.1. The maximum Gasteiger partial charge on any atom is 0.315 e. The second-order valence-electron chi connectivity index (χ2n) is 4.92. The maximum absolute atomic E-state index is 13.5. The van der Waals surface area contributed by atoms with Crippen molar-refractivity contribution in [1.29, 1.82) is 0 Å². The molecular formula is C16H17F2N3O3. The molecule has 0 aliphatic rings. The molecule has 0 bridgehead atoms. The van der Waals surface area contributed by atoms with Crippen molar-refractivity contribution in [2.45, 2.75) is 12.6 Å². The molecule has 24 heavy (non-hydrogen) atoms. The minimum absolute atomic E-state index is 0.0920. The smallest absolute Gasteiger partial charge is 0.315 e. The topological polar surface area (TPSA) is 83.5 Å². The van der Waals surface area contributed by atoms with Crippen LogP contribution >= 0.6 is 0 Å². The van der Waals surface area contributed by atoms with Gasteiger partial charge in [0, 0.05) is 36.5 Å². The van der Waals surface area contributed by atoms with E-state index in [1.54, 1.807) is 18.3 Å². The average Bonchev–Trinajstić information content (AvgIpc) is 2.58. The maximum atomic E-state index is 13.5. The molecule has 2 amide bonds. The Kier molecular flexibility index (Phi) is 6.02. The molecule has 1 aromatic carbocycles. The van der Waals surface area contributed by atoms with Crippen molar-refractivity contribution in [3.63, 3.8) is 0 Å². The Hall–Kier alpha value is -2.74. The molecule has 0 aliphatic heterocycles. The number of ether oxygens (including phenoxy) is 1. The molecule has 128 valence electrons. The van der Waals surface area contributed by atoms with Gasteiger partial charge in [-0.25, -0.2) is 18.6 Å². The fourth-order valence-electron chi connectivity index (χ4n) is 2.05. The van der Waals surface area contributed by atoms with Crippen LogP contribution < -0.4 is 15.4 Å². The van der Waals surface area contributed by atoms with Crippen LogP contribution in [0.2, 0.25) is 0 Å². The molecular weight excluding hydrogens is 320 g/mol. The van der Waals surface area contributed by atoms with Gasteiger partial charge in [0.2, 0.25) is 5.88 Å². The van der Waals surface area contributed by atoms with Crippen molar-refractivity contribution in [3.05, 3.63) is 59.3 Å². The molecule has 0 spiro atoms. The molecule has 0 saturated carbocycles. The highest BCUT2D eigenvalue weighted by atomic mass is 19.1. The molecule has 1 unspecified atom stereocenters. The molecule has 0 aliphatic carbocycles. The van der Waals surface area contributed by atoms with Crippen LogP contribution in [0.25, 0.3) is 0 Å². The van der Waals surface area contributed by atoms with Crippen molar-refractivity contribution >= 4 is 6.03 Å². The number of aliphatic hydroxyl groups is 1. The lowest BCUT2D eigenvalue weighted by Gasteiger charge is -2.14. The molecule has 1 aromatic heterocycles. The van der Waals surface area contributed by atoms with Crippen molar-refractivity contribution in [3.8, 4) is 5.88 Å². The number of hydrogen-bond donors (Lipinski definition) is 3. The number of hydrogen-bond acceptors (Lipinski definition) is 4. The number of carbonyl (C=O) groups excluding carboxylic acids is 1. The Bertz CT molecular complexity index is 713. The molecule has 2 aromatic rings. The van der Waals surface area contributed by atoms with Gasteiger partial charge in [0.05, 0.1) is 13.2 Å². The van der Waals surface area contributed by atoms with Gasteiger partial charge in [0.15, 0.2) is 0 Å². The molecule has 3 N–H and O–H groups in total. The summed E-state index contributed by atoms with van der Waals surface area (Å²) >= 11 is 0. The summed E-state index contributed by atoms with van der Waals surface area (Å²) in [7, 11) is 1.47. The van der Waals surface area contributed by atoms with E-state index >= 15 is 0 Å². The van der Waals surface area contributed by atoms with E-state index in [-0.39, 0.29) is 18.7 Å². The standard InChI is InChI=1S/C16H17F2N3O3/c1-24-15-10(3-2-6-19-15)8-20-16(23)21-9-14(22)12-5-4-11(17)7-13(12)18/h2-7,14,22H,8-9H2,1H3,(H2,20,21,23). The number of aromatic nitrogens is 1. The quantitative estimate of drug-likeness (QED) is 0.752. The van der Waals surface area contributed by atoms with E-state index < -0.39 is 23.8 Å². The zero-order valence-electron chi connectivity index (χ0n) is 12.9. The van der Waals surface area contributed by atoms with Crippen molar-refractivity contribution in [1.82, 2.24) is 15.6 Å². The molecule has 1 heterocycles. The molecule has 8 heteroatoms. The van der Waals surface area contributed by atoms with Crippen LogP contribution in [0.4, 0.5) is 13.6 Å². The first-order valence-electron chi connectivity index (χ1n) is 7.14. The molecule has 6 nitrogen and oxygen atoms in total. The fourth-order valence-corrected chi connectivity index (χ4v) is 2.05. The highest BCUT2D eigenvalue weighted by Crippen LogP contribution is 2.17. The Morgan fingerprint density at radius 3 is 2.83 bits per heavy atom. The lowest BCUT2D eigenvalue weighted by Crippen LogP contribution is -2.37. The summed E-state index contributed by atoms with van der Waals surface area (Å²) in [6.07, 6.45) is 0.278. The number of amides is 2.